The van der Waals surface area contributed by atoms with Gasteiger partial charge in [-0.3, -0.25) is 4.90 Å². The molecule has 0 atom stereocenters. The van der Waals surface area contributed by atoms with Gasteiger partial charge in [-0.05, 0) is 51.3 Å². The van der Waals surface area contributed by atoms with E-state index in [4.69, 9.17) is 11.6 Å². The zero-order valence-electron chi connectivity index (χ0n) is 11.2. The second kappa shape index (κ2) is 4.67. The minimum Gasteiger partial charge on any atom is -0.465 e. The van der Waals surface area contributed by atoms with E-state index in [1.54, 1.807) is 4.90 Å². The Labute approximate surface area is 126 Å². The van der Waals surface area contributed by atoms with Crippen molar-refractivity contribution in [3.8, 4) is 0 Å². The van der Waals surface area contributed by atoms with E-state index in [2.05, 4.69) is 15.9 Å². The molecule has 1 N–H and O–H groups in total. The molecule has 0 aromatic heterocycles. The zero-order chi connectivity index (χ0) is 14.4. The number of halogens is 2. The van der Waals surface area contributed by atoms with Gasteiger partial charge in [0.2, 0.25) is 0 Å². The lowest BCUT2D eigenvalue weighted by Crippen LogP contribution is -2.51. The van der Waals surface area contributed by atoms with Gasteiger partial charge in [0.25, 0.3) is 0 Å². The molecule has 1 aliphatic carbocycles. The van der Waals surface area contributed by atoms with Crippen LogP contribution in [0.1, 0.15) is 39.2 Å². The molecule has 1 saturated carbocycles. The van der Waals surface area contributed by atoms with Crippen molar-refractivity contribution in [3.63, 3.8) is 0 Å². The topological polar surface area (TPSA) is 40.5 Å². The van der Waals surface area contributed by atoms with Gasteiger partial charge in [0, 0.05) is 15.0 Å². The van der Waals surface area contributed by atoms with E-state index in [0.29, 0.717) is 5.02 Å². The maximum Gasteiger partial charge on any atom is 0.408 e. The van der Waals surface area contributed by atoms with Crippen LogP contribution in [0.2, 0.25) is 5.02 Å². The van der Waals surface area contributed by atoms with Crippen molar-refractivity contribution in [1.29, 1.82) is 0 Å². The Morgan fingerprint density at radius 3 is 2.37 bits per heavy atom. The number of hydrogen-bond donors (Lipinski definition) is 1. The molecule has 5 heteroatoms. The third-order valence-electron chi connectivity index (χ3n) is 3.45. The summed E-state index contributed by atoms with van der Waals surface area (Å²) in [5.41, 5.74) is 0.128. The predicted molar refractivity (Wildman–Crippen MR) is 79.7 cm³/mol. The van der Waals surface area contributed by atoms with Gasteiger partial charge in [0.15, 0.2) is 0 Å². The summed E-state index contributed by atoms with van der Waals surface area (Å²) in [5.74, 6) is 0. The fourth-order valence-corrected chi connectivity index (χ4v) is 3.76. The first-order valence-corrected chi connectivity index (χ1v) is 7.34. The molecule has 3 nitrogen and oxygen atoms in total. The van der Waals surface area contributed by atoms with Gasteiger partial charge < -0.3 is 5.11 Å². The third kappa shape index (κ3) is 2.61. The Morgan fingerprint density at radius 1 is 1.42 bits per heavy atom. The summed E-state index contributed by atoms with van der Waals surface area (Å²) in [6.45, 7) is 5.76. The minimum atomic E-state index is -0.883. The highest BCUT2D eigenvalue weighted by Gasteiger charge is 2.56. The number of carbonyl (C=O) groups is 1. The Balaban J connectivity index is 2.50. The number of nitrogens with zero attached hydrogens (tertiary/aromatic N) is 1. The number of carboxylic acid groups (broad SMARTS) is 1. The van der Waals surface area contributed by atoms with Gasteiger partial charge in [-0.2, -0.15) is 0 Å². The molecule has 104 valence electrons. The average Bonchev–Trinajstić information content (AvgIpc) is 2.95. The van der Waals surface area contributed by atoms with Gasteiger partial charge in [-0.1, -0.05) is 33.6 Å². The van der Waals surface area contributed by atoms with Gasteiger partial charge in [-0.15, -0.1) is 0 Å². The molecule has 1 aromatic rings. The van der Waals surface area contributed by atoms with Crippen molar-refractivity contribution in [3.05, 3.63) is 33.3 Å². The predicted octanol–water partition coefficient (Wildman–Crippen LogP) is 4.87. The molecule has 0 unspecified atom stereocenters. The summed E-state index contributed by atoms with van der Waals surface area (Å²) in [4.78, 5) is 13.2. The molecule has 0 heterocycles. The molecule has 1 aliphatic rings. The standard InChI is InChI=1S/C14H17BrClNO2/c1-13(2,3)17(12(18)19)14(6-7-14)10-5-4-9(16)8-11(10)15/h4-5,8H,6-7H2,1-3H3,(H,18,19). The number of benzene rings is 1. The highest BCUT2D eigenvalue weighted by molar-refractivity contribution is 9.10. The second-order valence-corrected chi connectivity index (χ2v) is 7.24. The van der Waals surface area contributed by atoms with Crippen LogP contribution in [0.4, 0.5) is 4.79 Å². The summed E-state index contributed by atoms with van der Waals surface area (Å²) >= 11 is 9.46. The van der Waals surface area contributed by atoms with Crippen LogP contribution >= 0.6 is 27.5 Å². The van der Waals surface area contributed by atoms with Crippen molar-refractivity contribution >= 4 is 33.6 Å². The third-order valence-corrected chi connectivity index (χ3v) is 4.34. The van der Waals surface area contributed by atoms with Crippen LogP contribution in [0.3, 0.4) is 0 Å². The van der Waals surface area contributed by atoms with Crippen LogP contribution in [-0.2, 0) is 5.54 Å². The van der Waals surface area contributed by atoms with E-state index in [0.717, 1.165) is 22.9 Å². The van der Waals surface area contributed by atoms with Crippen molar-refractivity contribution < 1.29 is 9.90 Å². The first-order chi connectivity index (χ1) is 8.68. The van der Waals surface area contributed by atoms with E-state index >= 15 is 0 Å². The first kappa shape index (κ1) is 14.7. The largest absolute Gasteiger partial charge is 0.465 e. The lowest BCUT2D eigenvalue weighted by Gasteiger charge is -2.40. The van der Waals surface area contributed by atoms with Crippen LogP contribution in [0, 0.1) is 0 Å². The molecule has 2 rings (SSSR count). The molecule has 19 heavy (non-hydrogen) atoms. The minimum absolute atomic E-state index is 0.423. The molecule has 1 fully saturated rings. The number of rotatable bonds is 2. The van der Waals surface area contributed by atoms with E-state index in [1.165, 1.54) is 0 Å². The Bertz CT molecular complexity index is 521. The molecule has 0 radical (unpaired) electrons. The quantitative estimate of drug-likeness (QED) is 0.830. The van der Waals surface area contributed by atoms with Crippen molar-refractivity contribution in [2.45, 2.75) is 44.7 Å². The Kier molecular flexibility index (Phi) is 3.60. The van der Waals surface area contributed by atoms with E-state index in [-0.39, 0.29) is 0 Å². The number of amides is 1. The SMILES string of the molecule is CC(C)(C)N(C(=O)O)C1(c2ccc(Cl)cc2Br)CC1. The van der Waals surface area contributed by atoms with E-state index in [1.807, 2.05) is 39.0 Å². The highest BCUT2D eigenvalue weighted by Crippen LogP contribution is 2.55. The summed E-state index contributed by atoms with van der Waals surface area (Å²) < 4.78 is 0.869. The highest BCUT2D eigenvalue weighted by atomic mass is 79.9. The summed E-state index contributed by atoms with van der Waals surface area (Å²) in [7, 11) is 0. The molecule has 1 aromatic carbocycles. The average molecular weight is 347 g/mol. The smallest absolute Gasteiger partial charge is 0.408 e. The zero-order valence-corrected chi connectivity index (χ0v) is 13.5. The van der Waals surface area contributed by atoms with Gasteiger partial charge in [0.1, 0.15) is 0 Å². The van der Waals surface area contributed by atoms with Crippen LogP contribution in [-0.4, -0.2) is 21.6 Å². The van der Waals surface area contributed by atoms with Crippen molar-refractivity contribution in [2.24, 2.45) is 0 Å². The molecular formula is C14H17BrClNO2. The fraction of sp³-hybridized carbons (Fsp3) is 0.500. The molecule has 0 spiro atoms. The summed E-state index contributed by atoms with van der Waals surface area (Å²) in [6, 6.07) is 5.55. The summed E-state index contributed by atoms with van der Waals surface area (Å²) in [6.07, 6.45) is 0.806. The van der Waals surface area contributed by atoms with Crippen molar-refractivity contribution in [2.75, 3.05) is 0 Å². The van der Waals surface area contributed by atoms with E-state index in [9.17, 15) is 9.90 Å². The van der Waals surface area contributed by atoms with Gasteiger partial charge in [-0.25, -0.2) is 4.79 Å². The van der Waals surface area contributed by atoms with Gasteiger partial charge in [0.05, 0.1) is 5.54 Å². The second-order valence-electron chi connectivity index (χ2n) is 5.94. The normalized spacial score (nSPS) is 17.1. The van der Waals surface area contributed by atoms with Crippen LogP contribution in [0.5, 0.6) is 0 Å². The van der Waals surface area contributed by atoms with E-state index < -0.39 is 17.2 Å². The Morgan fingerprint density at radius 2 is 2.00 bits per heavy atom. The monoisotopic (exact) mass is 345 g/mol. The fourth-order valence-electron chi connectivity index (χ4n) is 2.71. The lowest BCUT2D eigenvalue weighted by molar-refractivity contribution is 0.0592. The molecular weight excluding hydrogens is 330 g/mol. The van der Waals surface area contributed by atoms with Crippen LogP contribution < -0.4 is 0 Å². The van der Waals surface area contributed by atoms with Crippen LogP contribution in [0.15, 0.2) is 22.7 Å². The number of hydrogen-bond acceptors (Lipinski definition) is 1. The lowest BCUT2D eigenvalue weighted by atomic mass is 9.96. The van der Waals surface area contributed by atoms with Crippen molar-refractivity contribution in [1.82, 2.24) is 4.90 Å². The van der Waals surface area contributed by atoms with Crippen LogP contribution in [0.25, 0.3) is 0 Å². The first-order valence-electron chi connectivity index (χ1n) is 6.17. The molecule has 0 saturated heterocycles. The van der Waals surface area contributed by atoms with Gasteiger partial charge >= 0.3 is 6.09 Å². The molecule has 0 aliphatic heterocycles. The maximum absolute atomic E-state index is 11.7. The molecule has 0 bridgehead atoms. The maximum atomic E-state index is 11.7. The Hall–Kier alpha value is -0.740. The molecule has 1 amide bonds. The summed E-state index contributed by atoms with van der Waals surface area (Å²) in [5, 5.41) is 10.2.